The number of aliphatic carboxylic acids is 1. The van der Waals surface area contributed by atoms with Crippen molar-refractivity contribution in [3.63, 3.8) is 0 Å². The molecule has 0 bridgehead atoms. The summed E-state index contributed by atoms with van der Waals surface area (Å²) in [5.41, 5.74) is 0.102. The Morgan fingerprint density at radius 1 is 1.30 bits per heavy atom. The van der Waals surface area contributed by atoms with Gasteiger partial charge in [-0.25, -0.2) is 0 Å². The number of thioether (sulfide) groups is 1. The van der Waals surface area contributed by atoms with Crippen molar-refractivity contribution in [3.05, 3.63) is 0 Å². The minimum absolute atomic E-state index is 0.102. The third-order valence-electron chi connectivity index (χ3n) is 5.19. The minimum atomic E-state index is -0.620. The Hall–Kier alpha value is -0.260. The Bertz CT molecular complexity index is 352. The average Bonchev–Trinajstić information content (AvgIpc) is 2.48. The fourth-order valence-corrected chi connectivity index (χ4v) is 5.18. The highest BCUT2D eigenvalue weighted by Crippen LogP contribution is 2.39. The van der Waals surface area contributed by atoms with Crippen molar-refractivity contribution in [1.29, 1.82) is 0 Å². The minimum Gasteiger partial charge on any atom is -0.481 e. The van der Waals surface area contributed by atoms with Crippen LogP contribution >= 0.6 is 11.8 Å². The summed E-state index contributed by atoms with van der Waals surface area (Å²) in [4.78, 5) is 13.7. The zero-order chi connectivity index (χ0) is 14.0. The molecule has 0 saturated carbocycles. The first-order valence-corrected chi connectivity index (χ1v) is 9.03. The van der Waals surface area contributed by atoms with Crippen LogP contribution in [0.4, 0.5) is 0 Å². The van der Waals surface area contributed by atoms with E-state index in [1.807, 2.05) is 11.8 Å². The number of piperidine rings is 1. The van der Waals surface area contributed by atoms with Gasteiger partial charge in [-0.3, -0.25) is 9.69 Å². The SMILES string of the molecule is O=C(O)C1CCCN(C2CCOC3(CCSCC3)C2)C1. The van der Waals surface area contributed by atoms with Crippen molar-refractivity contribution >= 4 is 17.7 Å². The van der Waals surface area contributed by atoms with Crippen molar-refractivity contribution < 1.29 is 14.6 Å². The van der Waals surface area contributed by atoms with E-state index in [1.54, 1.807) is 0 Å². The smallest absolute Gasteiger partial charge is 0.307 e. The molecule has 0 aromatic carbocycles. The number of hydrogen-bond donors (Lipinski definition) is 1. The number of carbonyl (C=O) groups is 1. The largest absolute Gasteiger partial charge is 0.481 e. The standard InChI is InChI=1S/C15H25NO3S/c17-14(18)12-2-1-6-16(11-12)13-3-7-19-15(10-13)4-8-20-9-5-15/h12-13H,1-11H2,(H,17,18). The molecule has 1 spiro atoms. The second-order valence-corrected chi connectivity index (χ2v) is 7.69. The van der Waals surface area contributed by atoms with Crippen molar-refractivity contribution in [2.45, 2.75) is 50.2 Å². The average molecular weight is 299 g/mol. The zero-order valence-electron chi connectivity index (χ0n) is 12.1. The number of carboxylic acids is 1. The maximum atomic E-state index is 11.2. The van der Waals surface area contributed by atoms with Crippen LogP contribution in [0.3, 0.4) is 0 Å². The van der Waals surface area contributed by atoms with Crippen LogP contribution in [0.1, 0.15) is 38.5 Å². The predicted octanol–water partition coefficient (Wildman–Crippen LogP) is 2.23. The van der Waals surface area contributed by atoms with Crippen LogP contribution in [0.2, 0.25) is 0 Å². The van der Waals surface area contributed by atoms with E-state index in [2.05, 4.69) is 4.90 Å². The van der Waals surface area contributed by atoms with Crippen molar-refractivity contribution in [2.75, 3.05) is 31.2 Å². The predicted molar refractivity (Wildman–Crippen MR) is 80.2 cm³/mol. The summed E-state index contributed by atoms with van der Waals surface area (Å²) in [5.74, 6) is 1.64. The maximum absolute atomic E-state index is 11.2. The number of likely N-dealkylation sites (tertiary alicyclic amines) is 1. The summed E-state index contributed by atoms with van der Waals surface area (Å²) in [7, 11) is 0. The molecule has 3 fully saturated rings. The number of rotatable bonds is 2. The lowest BCUT2D eigenvalue weighted by Crippen LogP contribution is -2.53. The third-order valence-corrected chi connectivity index (χ3v) is 6.18. The van der Waals surface area contributed by atoms with Crippen LogP contribution in [-0.2, 0) is 9.53 Å². The van der Waals surface area contributed by atoms with E-state index in [4.69, 9.17) is 4.74 Å². The van der Waals surface area contributed by atoms with E-state index in [9.17, 15) is 9.90 Å². The highest BCUT2D eigenvalue weighted by molar-refractivity contribution is 7.99. The molecule has 114 valence electrons. The van der Waals surface area contributed by atoms with Gasteiger partial charge in [-0.05, 0) is 56.6 Å². The molecule has 1 N–H and O–H groups in total. The molecule has 20 heavy (non-hydrogen) atoms. The summed E-state index contributed by atoms with van der Waals surface area (Å²) in [6.45, 7) is 2.66. The van der Waals surface area contributed by atoms with Gasteiger partial charge in [-0.2, -0.15) is 11.8 Å². The Balaban J connectivity index is 1.62. The molecule has 2 unspecified atom stereocenters. The van der Waals surface area contributed by atoms with Gasteiger partial charge in [0.1, 0.15) is 0 Å². The summed E-state index contributed by atoms with van der Waals surface area (Å²) in [6, 6.07) is 0.536. The van der Waals surface area contributed by atoms with Gasteiger partial charge in [0.25, 0.3) is 0 Å². The molecule has 0 amide bonds. The number of hydrogen-bond acceptors (Lipinski definition) is 4. The second-order valence-electron chi connectivity index (χ2n) is 6.46. The molecule has 3 heterocycles. The van der Waals surface area contributed by atoms with Crippen LogP contribution in [-0.4, -0.2) is 58.8 Å². The molecular formula is C15H25NO3S. The Morgan fingerprint density at radius 2 is 2.10 bits per heavy atom. The molecule has 0 aromatic heterocycles. The molecule has 2 atom stereocenters. The third kappa shape index (κ3) is 3.15. The van der Waals surface area contributed by atoms with Gasteiger partial charge in [0.05, 0.1) is 11.5 Å². The first kappa shape index (κ1) is 14.7. The van der Waals surface area contributed by atoms with E-state index < -0.39 is 5.97 Å². The van der Waals surface area contributed by atoms with E-state index in [-0.39, 0.29) is 11.5 Å². The lowest BCUT2D eigenvalue weighted by atomic mass is 9.83. The van der Waals surface area contributed by atoms with Crippen LogP contribution in [0.5, 0.6) is 0 Å². The molecule has 0 aromatic rings. The first-order chi connectivity index (χ1) is 9.69. The Labute approximate surface area is 125 Å². The molecule has 3 saturated heterocycles. The van der Waals surface area contributed by atoms with Gasteiger partial charge >= 0.3 is 5.97 Å². The van der Waals surface area contributed by atoms with E-state index in [0.717, 1.165) is 45.4 Å². The van der Waals surface area contributed by atoms with Crippen molar-refractivity contribution in [1.82, 2.24) is 4.90 Å². The lowest BCUT2D eigenvalue weighted by Gasteiger charge is -2.47. The van der Waals surface area contributed by atoms with Crippen molar-refractivity contribution in [2.24, 2.45) is 5.92 Å². The van der Waals surface area contributed by atoms with Crippen molar-refractivity contribution in [3.8, 4) is 0 Å². The van der Waals surface area contributed by atoms with Crippen LogP contribution in [0.25, 0.3) is 0 Å². The van der Waals surface area contributed by atoms with Gasteiger partial charge in [-0.15, -0.1) is 0 Å². The zero-order valence-corrected chi connectivity index (χ0v) is 12.9. The molecule has 3 aliphatic heterocycles. The van der Waals surface area contributed by atoms with Gasteiger partial charge in [0, 0.05) is 19.2 Å². The molecule has 3 aliphatic rings. The molecular weight excluding hydrogens is 274 g/mol. The Kier molecular flexibility index (Phi) is 4.58. The highest BCUT2D eigenvalue weighted by atomic mass is 32.2. The number of ether oxygens (including phenoxy) is 1. The quantitative estimate of drug-likeness (QED) is 0.847. The topological polar surface area (TPSA) is 49.8 Å². The second kappa shape index (κ2) is 6.24. The first-order valence-electron chi connectivity index (χ1n) is 7.87. The normalized spacial score (nSPS) is 35.0. The summed E-state index contributed by atoms with van der Waals surface area (Å²) >= 11 is 2.03. The van der Waals surface area contributed by atoms with Crippen LogP contribution in [0, 0.1) is 5.92 Å². The molecule has 3 rings (SSSR count). The Morgan fingerprint density at radius 3 is 2.85 bits per heavy atom. The summed E-state index contributed by atoms with van der Waals surface area (Å²) in [6.07, 6.45) is 6.39. The van der Waals surface area contributed by atoms with Gasteiger partial charge in [0.15, 0.2) is 0 Å². The molecule has 5 heteroatoms. The van der Waals surface area contributed by atoms with Crippen LogP contribution in [0.15, 0.2) is 0 Å². The van der Waals surface area contributed by atoms with Crippen LogP contribution < -0.4 is 0 Å². The van der Waals surface area contributed by atoms with E-state index in [0.29, 0.717) is 6.04 Å². The number of carboxylic acid groups (broad SMARTS) is 1. The lowest BCUT2D eigenvalue weighted by molar-refractivity contribution is -0.145. The van der Waals surface area contributed by atoms with Gasteiger partial charge in [-0.1, -0.05) is 0 Å². The van der Waals surface area contributed by atoms with E-state index in [1.165, 1.54) is 24.3 Å². The molecule has 4 nitrogen and oxygen atoms in total. The summed E-state index contributed by atoms with van der Waals surface area (Å²) in [5, 5.41) is 9.24. The fourth-order valence-electron chi connectivity index (χ4n) is 3.95. The maximum Gasteiger partial charge on any atom is 0.307 e. The number of nitrogens with zero attached hydrogens (tertiary/aromatic N) is 1. The highest BCUT2D eigenvalue weighted by Gasteiger charge is 2.41. The molecule has 0 radical (unpaired) electrons. The van der Waals surface area contributed by atoms with Gasteiger partial charge in [0.2, 0.25) is 0 Å². The van der Waals surface area contributed by atoms with E-state index >= 15 is 0 Å². The molecule has 0 aliphatic carbocycles. The van der Waals surface area contributed by atoms with Gasteiger partial charge < -0.3 is 9.84 Å². The summed E-state index contributed by atoms with van der Waals surface area (Å²) < 4.78 is 6.15. The monoisotopic (exact) mass is 299 g/mol. The fraction of sp³-hybridized carbons (Fsp3) is 0.933.